The van der Waals surface area contributed by atoms with Crippen LogP contribution in [0.3, 0.4) is 0 Å². The van der Waals surface area contributed by atoms with Crippen molar-refractivity contribution in [2.24, 2.45) is 0 Å². The van der Waals surface area contributed by atoms with Crippen LogP contribution in [0.15, 0.2) is 52.8 Å². The molecular weight excluding hydrogens is 344 g/mol. The van der Waals surface area contributed by atoms with Crippen LogP contribution in [0, 0.1) is 0 Å². The zero-order chi connectivity index (χ0) is 15.7. The molecule has 0 bridgehead atoms. The summed E-state index contributed by atoms with van der Waals surface area (Å²) in [5, 5.41) is 2.79. The molecule has 4 nitrogen and oxygen atoms in total. The van der Waals surface area contributed by atoms with E-state index in [0.717, 1.165) is 5.56 Å². The number of carbonyl (C=O) groups is 2. The predicted octanol–water partition coefficient (Wildman–Crippen LogP) is 2.88. The molecule has 1 N–H and O–H groups in total. The highest BCUT2D eigenvalue weighted by Gasteiger charge is 2.32. The fourth-order valence-corrected chi connectivity index (χ4v) is 3.13. The summed E-state index contributed by atoms with van der Waals surface area (Å²) in [6.07, 6.45) is 2.09. The Hall–Kier alpha value is -2.27. The minimum atomic E-state index is -0.210. The average Bonchev–Trinajstić information content (AvgIpc) is 2.54. The van der Waals surface area contributed by atoms with E-state index in [1.165, 1.54) is 0 Å². The molecule has 0 atom stereocenters. The van der Waals surface area contributed by atoms with Crippen molar-refractivity contribution in [3.8, 4) is 0 Å². The molecule has 5 heteroatoms. The van der Waals surface area contributed by atoms with Crippen LogP contribution < -0.4 is 5.32 Å². The first kappa shape index (κ1) is 14.7. The lowest BCUT2D eigenvalue weighted by molar-refractivity contribution is 0.0976. The van der Waals surface area contributed by atoms with Gasteiger partial charge in [0.25, 0.3) is 0 Å². The predicted molar refractivity (Wildman–Crippen MR) is 87.2 cm³/mol. The monoisotopic (exact) mass is 356 g/mol. The molecular formula is C17H13BrN2O2. The van der Waals surface area contributed by atoms with Gasteiger partial charge in [-0.3, -0.25) is 14.6 Å². The highest BCUT2D eigenvalue weighted by atomic mass is 79.9. The van der Waals surface area contributed by atoms with Gasteiger partial charge in [0.15, 0.2) is 0 Å². The van der Waals surface area contributed by atoms with Gasteiger partial charge in [0.1, 0.15) is 5.70 Å². The first-order valence-electron chi connectivity index (χ1n) is 6.82. The third-order valence-electron chi connectivity index (χ3n) is 3.61. The Morgan fingerprint density at radius 3 is 2.50 bits per heavy atom. The largest absolute Gasteiger partial charge is 0.384 e. The molecule has 0 radical (unpaired) electrons. The van der Waals surface area contributed by atoms with Gasteiger partial charge in [-0.15, -0.1) is 0 Å². The van der Waals surface area contributed by atoms with Crippen LogP contribution in [-0.4, -0.2) is 23.6 Å². The Morgan fingerprint density at radius 2 is 1.82 bits per heavy atom. The van der Waals surface area contributed by atoms with E-state index in [1.807, 2.05) is 30.3 Å². The second-order valence-electron chi connectivity index (χ2n) is 4.94. The molecule has 1 aromatic carbocycles. The number of nitrogens with zero attached hydrogens (tertiary/aromatic N) is 1. The normalized spacial score (nSPS) is 14.1. The number of nitrogens with one attached hydrogen (secondary N) is 1. The molecule has 1 aliphatic carbocycles. The third kappa shape index (κ3) is 2.37. The molecule has 1 aromatic heterocycles. The molecule has 0 aliphatic heterocycles. The third-order valence-corrected chi connectivity index (χ3v) is 4.37. The molecule has 1 aliphatic rings. The maximum absolute atomic E-state index is 12.6. The number of allylic oxidation sites excluding steroid dienone is 2. The van der Waals surface area contributed by atoms with Crippen LogP contribution in [0.4, 0.5) is 0 Å². The first-order valence-corrected chi connectivity index (χ1v) is 7.61. The van der Waals surface area contributed by atoms with E-state index in [0.29, 0.717) is 23.2 Å². The second kappa shape index (κ2) is 5.85. The number of halogens is 1. The summed E-state index contributed by atoms with van der Waals surface area (Å²) >= 11 is 3.23. The fourth-order valence-electron chi connectivity index (χ4n) is 2.55. The van der Waals surface area contributed by atoms with Crippen molar-refractivity contribution in [3.05, 3.63) is 75.2 Å². The van der Waals surface area contributed by atoms with Gasteiger partial charge in [-0.05, 0) is 27.6 Å². The van der Waals surface area contributed by atoms with Gasteiger partial charge in [-0.25, -0.2) is 0 Å². The quantitative estimate of drug-likeness (QED) is 0.918. The smallest absolute Gasteiger partial charge is 0.211 e. The minimum Gasteiger partial charge on any atom is -0.384 e. The Bertz CT molecular complexity index is 798. The molecule has 0 saturated heterocycles. The van der Waals surface area contributed by atoms with Gasteiger partial charge in [0.05, 0.1) is 15.7 Å². The highest BCUT2D eigenvalue weighted by molar-refractivity contribution is 9.12. The zero-order valence-corrected chi connectivity index (χ0v) is 13.5. The summed E-state index contributed by atoms with van der Waals surface area (Å²) in [5.74, 6) is -0.404. The first-order chi connectivity index (χ1) is 10.6. The molecule has 2 aromatic rings. The number of aromatic nitrogens is 1. The van der Waals surface area contributed by atoms with Crippen LogP contribution in [0.1, 0.15) is 32.0 Å². The van der Waals surface area contributed by atoms with E-state index in [1.54, 1.807) is 19.3 Å². The number of likely N-dealkylation sites (N-methyl/N-ethyl adjacent to an activating group) is 1. The number of benzene rings is 1. The number of hydrogen-bond donors (Lipinski definition) is 1. The molecule has 22 heavy (non-hydrogen) atoms. The maximum Gasteiger partial charge on any atom is 0.211 e. The Kier molecular flexibility index (Phi) is 3.90. The van der Waals surface area contributed by atoms with Crippen molar-refractivity contribution in [2.75, 3.05) is 7.05 Å². The van der Waals surface area contributed by atoms with E-state index in [9.17, 15) is 9.59 Å². The molecule has 0 amide bonds. The molecule has 0 unspecified atom stereocenters. The van der Waals surface area contributed by atoms with Crippen LogP contribution in [0.5, 0.6) is 0 Å². The SMILES string of the molecule is CNC1=C(Br)C(=O)c2c(ccnc2Cc2ccccc2)C1=O. The number of rotatable bonds is 3. The lowest BCUT2D eigenvalue weighted by Gasteiger charge is -2.19. The highest BCUT2D eigenvalue weighted by Crippen LogP contribution is 2.30. The fraction of sp³-hybridized carbons (Fsp3) is 0.118. The molecule has 0 saturated carbocycles. The summed E-state index contributed by atoms with van der Waals surface area (Å²) in [7, 11) is 1.62. The summed E-state index contributed by atoms with van der Waals surface area (Å²) in [5.41, 5.74) is 2.74. The number of carbonyl (C=O) groups excluding carboxylic acids is 2. The summed E-state index contributed by atoms with van der Waals surface area (Å²) in [4.78, 5) is 29.4. The zero-order valence-electron chi connectivity index (χ0n) is 11.9. The standard InChI is InChI=1S/C17H13BrN2O2/c1-19-15-14(18)17(22)13-11(16(15)21)7-8-20-12(13)9-10-5-3-2-4-6-10/h2-8,19H,9H2,1H3. The lowest BCUT2D eigenvalue weighted by atomic mass is 9.90. The number of Topliss-reactive ketones (excluding diaryl/α,β-unsaturated/α-hetero) is 2. The van der Waals surface area contributed by atoms with Crippen molar-refractivity contribution in [1.29, 1.82) is 0 Å². The Morgan fingerprint density at radius 1 is 1.09 bits per heavy atom. The second-order valence-corrected chi connectivity index (χ2v) is 5.73. The Balaban J connectivity index is 2.11. The van der Waals surface area contributed by atoms with E-state index < -0.39 is 0 Å². The van der Waals surface area contributed by atoms with Crippen molar-refractivity contribution in [2.45, 2.75) is 6.42 Å². The van der Waals surface area contributed by atoms with Gasteiger partial charge < -0.3 is 5.32 Å². The van der Waals surface area contributed by atoms with E-state index in [4.69, 9.17) is 0 Å². The average molecular weight is 357 g/mol. The van der Waals surface area contributed by atoms with E-state index in [2.05, 4.69) is 26.2 Å². The van der Waals surface area contributed by atoms with Gasteiger partial charge in [0, 0.05) is 25.2 Å². The lowest BCUT2D eigenvalue weighted by Crippen LogP contribution is -2.28. The van der Waals surface area contributed by atoms with Gasteiger partial charge in [-0.2, -0.15) is 0 Å². The molecule has 0 spiro atoms. The van der Waals surface area contributed by atoms with Crippen LogP contribution in [0.25, 0.3) is 0 Å². The number of hydrogen-bond acceptors (Lipinski definition) is 4. The van der Waals surface area contributed by atoms with Gasteiger partial charge >= 0.3 is 0 Å². The van der Waals surface area contributed by atoms with Crippen molar-refractivity contribution < 1.29 is 9.59 Å². The number of fused-ring (bicyclic) bond motifs is 1. The van der Waals surface area contributed by atoms with Crippen LogP contribution in [-0.2, 0) is 6.42 Å². The van der Waals surface area contributed by atoms with Gasteiger partial charge in [-0.1, -0.05) is 30.3 Å². The van der Waals surface area contributed by atoms with Crippen LogP contribution in [0.2, 0.25) is 0 Å². The van der Waals surface area contributed by atoms with Crippen molar-refractivity contribution in [1.82, 2.24) is 10.3 Å². The summed E-state index contributed by atoms with van der Waals surface area (Å²) < 4.78 is 0.259. The molecule has 0 fully saturated rings. The van der Waals surface area contributed by atoms with Crippen molar-refractivity contribution >= 4 is 27.5 Å². The van der Waals surface area contributed by atoms with E-state index in [-0.39, 0.29) is 21.7 Å². The van der Waals surface area contributed by atoms with Gasteiger partial charge in [0.2, 0.25) is 11.6 Å². The number of ketones is 2. The molecule has 1 heterocycles. The summed E-state index contributed by atoms with van der Waals surface area (Å²) in [6, 6.07) is 11.4. The Labute approximate surface area is 136 Å². The molecule has 110 valence electrons. The van der Waals surface area contributed by atoms with Crippen LogP contribution >= 0.6 is 15.9 Å². The van der Waals surface area contributed by atoms with E-state index >= 15 is 0 Å². The molecule has 3 rings (SSSR count). The summed E-state index contributed by atoms with van der Waals surface area (Å²) in [6.45, 7) is 0. The maximum atomic E-state index is 12.6. The number of pyridine rings is 1. The van der Waals surface area contributed by atoms with Crippen molar-refractivity contribution in [3.63, 3.8) is 0 Å². The topological polar surface area (TPSA) is 59.1 Å². The minimum absolute atomic E-state index is 0.194.